The fraction of sp³-hybridized carbons (Fsp3) is 0.377. The van der Waals surface area contributed by atoms with E-state index in [0.29, 0.717) is 57.6 Å². The maximum atomic E-state index is 11.4. The molecule has 1 unspecified atom stereocenters. The van der Waals surface area contributed by atoms with E-state index in [4.69, 9.17) is 41.1 Å². The average molecular weight is 1030 g/mol. The summed E-state index contributed by atoms with van der Waals surface area (Å²) in [6, 6.07) is 38.0. The van der Waals surface area contributed by atoms with E-state index in [1.807, 2.05) is 121 Å². The molecule has 0 saturated heterocycles. The van der Waals surface area contributed by atoms with Gasteiger partial charge in [0.25, 0.3) is 0 Å². The molecule has 3 amide bonds. The lowest BCUT2D eigenvalue weighted by Crippen LogP contribution is -2.29. The molecule has 4 aromatic rings. The molecule has 0 fully saturated rings. The molecule has 1 atom stereocenters. The Morgan fingerprint density at radius 1 is 0.521 bits per heavy atom. The summed E-state index contributed by atoms with van der Waals surface area (Å²) in [5.74, 6) is 4.21. The van der Waals surface area contributed by atoms with E-state index >= 15 is 0 Å². The second-order valence-electron chi connectivity index (χ2n) is 15.5. The molecule has 19 nitrogen and oxygen atoms in total. The van der Waals surface area contributed by atoms with Crippen molar-refractivity contribution in [2.45, 2.75) is 111 Å². The van der Waals surface area contributed by atoms with Gasteiger partial charge in [-0.2, -0.15) is 14.7 Å². The third-order valence-electron chi connectivity index (χ3n) is 9.61. The Morgan fingerprint density at radius 3 is 1.14 bits per heavy atom. The number of hydrogen-bond donors (Lipinski definition) is 6. The van der Waals surface area contributed by atoms with Crippen LogP contribution in [0.5, 0.6) is 0 Å². The Labute approximate surface area is 434 Å². The molecule has 0 aromatic heterocycles. The van der Waals surface area contributed by atoms with Gasteiger partial charge in [-0.1, -0.05) is 121 Å². The fourth-order valence-electron chi connectivity index (χ4n) is 5.54. The summed E-state index contributed by atoms with van der Waals surface area (Å²) in [6.45, 7) is 7.02. The zero-order valence-electron chi connectivity index (χ0n) is 41.9. The van der Waals surface area contributed by atoms with Crippen molar-refractivity contribution in [2.24, 2.45) is 22.4 Å². The van der Waals surface area contributed by atoms with Crippen LogP contribution in [0.25, 0.3) is 0 Å². The first-order valence-corrected chi connectivity index (χ1v) is 23.3. The molecule has 0 aliphatic carbocycles. The number of halogens is 1. The molecule has 0 heterocycles. The normalized spacial score (nSPS) is 10.2. The molecule has 0 saturated carbocycles. The summed E-state index contributed by atoms with van der Waals surface area (Å²) in [6.07, 6.45) is 4.56. The first kappa shape index (κ1) is 67.5. The average Bonchev–Trinajstić information content (AvgIpc) is 3.39. The zero-order valence-corrected chi connectivity index (χ0v) is 42.7. The molecular weight excluding hydrogens is 962 g/mol. The molecule has 73 heavy (non-hydrogen) atoms. The number of alkyl carbamates (subject to hydrolysis) is 3. The van der Waals surface area contributed by atoms with Gasteiger partial charge in [0, 0.05) is 46.4 Å². The molecule has 0 bridgehead atoms. The zero-order chi connectivity index (χ0) is 53.6. The van der Waals surface area contributed by atoms with E-state index < -0.39 is 24.1 Å². The molecule has 9 N–H and O–H groups in total. The maximum Gasteiger partial charge on any atom is 0.407 e. The van der Waals surface area contributed by atoms with Crippen molar-refractivity contribution in [3.05, 3.63) is 144 Å². The number of benzene rings is 4. The molecular formula is C53H72ClN7O12. The van der Waals surface area contributed by atoms with Crippen LogP contribution < -0.4 is 33.3 Å². The van der Waals surface area contributed by atoms with Gasteiger partial charge >= 0.3 is 24.4 Å². The van der Waals surface area contributed by atoms with Crippen LogP contribution in [-0.2, 0) is 69.3 Å². The molecule has 398 valence electrons. The third kappa shape index (κ3) is 39.8. The van der Waals surface area contributed by atoms with E-state index in [1.54, 1.807) is 0 Å². The van der Waals surface area contributed by atoms with Gasteiger partial charge in [-0.25, -0.2) is 14.4 Å². The Bertz CT molecular complexity index is 2200. The standard InChI is InChI=1S/C15H21N3O3.C15H22N2O3.C15H19NO4.C7H9N.CO2.ClH/c1-12(19)14(18-16)9-5-6-10-17-15(20)21-11-13-7-3-2-4-8-13;1-12(18)14(16)9-5-6-10-17-15(19)20-11-13-7-3-2-4-8-13;1-12(17)14(18)9-5-6-10-16-15(19)20-11-13-7-3-2-4-8-13;8-6-7-4-2-1-3-5-7;2-1-3;/h2-4,7-8H,5-6,9-11,16H2,1H3,(H,17,20);2-4,7-8,14H,5-6,9-11,16H2,1H3,(H,17,19);2-4,7-8H,5-6,9-11H2,1H3,(H,16,19);1-5H,6,8H2;;1H. The van der Waals surface area contributed by atoms with Crippen LogP contribution in [0.4, 0.5) is 14.4 Å². The summed E-state index contributed by atoms with van der Waals surface area (Å²) >= 11 is 0. The SMILES string of the molecule is CC(=O)C(=O)CCCCNC(=O)OCc1ccccc1.CC(=O)C(CCCCNC(=O)OCc1ccccc1)=NN.CC(=O)C(N)CCCCNC(=O)OCc1ccccc1.Cl.NCc1ccccc1.O=C=O. The van der Waals surface area contributed by atoms with Crippen LogP contribution in [0.2, 0.25) is 0 Å². The summed E-state index contributed by atoms with van der Waals surface area (Å²) in [5.41, 5.74) is 15.3. The van der Waals surface area contributed by atoms with Gasteiger partial charge in [0.15, 0.2) is 17.3 Å². The van der Waals surface area contributed by atoms with Gasteiger partial charge in [0.2, 0.25) is 0 Å². The third-order valence-corrected chi connectivity index (χ3v) is 9.61. The van der Waals surface area contributed by atoms with Crippen LogP contribution in [0.3, 0.4) is 0 Å². The molecule has 20 heteroatoms. The Balaban J connectivity index is 0. The van der Waals surface area contributed by atoms with E-state index in [0.717, 1.165) is 42.4 Å². The van der Waals surface area contributed by atoms with Gasteiger partial charge < -0.3 is 47.5 Å². The molecule has 0 aliphatic rings. The van der Waals surface area contributed by atoms with Gasteiger partial charge in [-0.15, -0.1) is 12.4 Å². The Kier molecular flexibility index (Phi) is 42.1. The van der Waals surface area contributed by atoms with Crippen LogP contribution in [0.1, 0.15) is 101 Å². The largest absolute Gasteiger partial charge is 0.445 e. The van der Waals surface area contributed by atoms with Crippen molar-refractivity contribution in [3.8, 4) is 0 Å². The maximum absolute atomic E-state index is 11.4. The van der Waals surface area contributed by atoms with E-state index in [2.05, 4.69) is 21.1 Å². The van der Waals surface area contributed by atoms with Crippen LogP contribution in [0.15, 0.2) is 126 Å². The highest BCUT2D eigenvalue weighted by Crippen LogP contribution is 2.05. The molecule has 0 spiro atoms. The number of rotatable bonds is 25. The Morgan fingerprint density at radius 2 is 0.849 bits per heavy atom. The number of ether oxygens (including phenoxy) is 3. The number of nitrogens with two attached hydrogens (primary N) is 3. The second kappa shape index (κ2) is 45.6. The number of nitrogens with one attached hydrogen (secondary N) is 3. The van der Waals surface area contributed by atoms with Crippen LogP contribution in [-0.4, -0.2) is 79.0 Å². The van der Waals surface area contributed by atoms with Gasteiger partial charge in [-0.05, 0) is 80.5 Å². The second-order valence-corrected chi connectivity index (χ2v) is 15.5. The highest BCUT2D eigenvalue weighted by Gasteiger charge is 2.10. The highest BCUT2D eigenvalue weighted by atomic mass is 35.5. The number of unbranched alkanes of at least 4 members (excludes halogenated alkanes) is 3. The molecule has 0 aliphatic heterocycles. The van der Waals surface area contributed by atoms with Crippen molar-refractivity contribution in [2.75, 3.05) is 19.6 Å². The minimum atomic E-state index is -0.480. The number of carbonyl (C=O) groups excluding carboxylic acids is 9. The summed E-state index contributed by atoms with van der Waals surface area (Å²) < 4.78 is 15.2. The van der Waals surface area contributed by atoms with Crippen molar-refractivity contribution < 1.29 is 57.4 Å². The van der Waals surface area contributed by atoms with Crippen molar-refractivity contribution in [1.29, 1.82) is 0 Å². The fourth-order valence-corrected chi connectivity index (χ4v) is 5.54. The number of amides is 3. The summed E-state index contributed by atoms with van der Waals surface area (Å²) in [7, 11) is 0. The lowest BCUT2D eigenvalue weighted by molar-refractivity contribution is -0.191. The van der Waals surface area contributed by atoms with Crippen molar-refractivity contribution >= 4 is 65.7 Å². The van der Waals surface area contributed by atoms with Crippen molar-refractivity contribution in [3.63, 3.8) is 0 Å². The quantitative estimate of drug-likeness (QED) is 0.00954. The van der Waals surface area contributed by atoms with Crippen molar-refractivity contribution in [1.82, 2.24) is 16.0 Å². The Hall–Kier alpha value is -7.57. The van der Waals surface area contributed by atoms with Gasteiger partial charge in [-0.3, -0.25) is 19.2 Å². The minimum Gasteiger partial charge on any atom is -0.445 e. The number of ketones is 4. The molecule has 0 radical (unpaired) electrons. The number of hydrazone groups is 1. The lowest BCUT2D eigenvalue weighted by atomic mass is 10.1. The monoisotopic (exact) mass is 1030 g/mol. The van der Waals surface area contributed by atoms with Gasteiger partial charge in [0.05, 0.1) is 6.04 Å². The highest BCUT2D eigenvalue weighted by molar-refractivity contribution is 6.38. The lowest BCUT2D eigenvalue weighted by Gasteiger charge is -2.08. The number of Topliss-reactive ketones (excluding diaryl/α,β-unsaturated/α-hetero) is 4. The van der Waals surface area contributed by atoms with Gasteiger partial charge in [0.1, 0.15) is 31.3 Å². The van der Waals surface area contributed by atoms with Crippen LogP contribution >= 0.6 is 12.4 Å². The van der Waals surface area contributed by atoms with E-state index in [1.165, 1.54) is 26.3 Å². The molecule has 4 rings (SSSR count). The van der Waals surface area contributed by atoms with E-state index in [-0.39, 0.29) is 68.2 Å². The molecule has 4 aromatic carbocycles. The number of nitrogens with zero attached hydrogens (tertiary/aromatic N) is 1. The van der Waals surface area contributed by atoms with E-state index in [9.17, 15) is 33.6 Å². The predicted octanol–water partition coefficient (Wildman–Crippen LogP) is 7.21. The first-order chi connectivity index (χ1) is 34.7. The minimum absolute atomic E-state index is 0. The first-order valence-electron chi connectivity index (χ1n) is 23.3. The number of carbonyl (C=O) groups is 7. The van der Waals surface area contributed by atoms with Crippen LogP contribution in [0, 0.1) is 0 Å². The number of hydrogen-bond acceptors (Lipinski definition) is 16. The summed E-state index contributed by atoms with van der Waals surface area (Å²) in [4.78, 5) is 94.2. The smallest absolute Gasteiger partial charge is 0.407 e. The summed E-state index contributed by atoms with van der Waals surface area (Å²) in [5, 5.41) is 11.4. The topological polar surface area (TPSA) is 308 Å². The predicted molar refractivity (Wildman–Crippen MR) is 279 cm³/mol.